The Morgan fingerprint density at radius 2 is 1.15 bits per heavy atom. The summed E-state index contributed by atoms with van der Waals surface area (Å²) in [5, 5.41) is 0. The summed E-state index contributed by atoms with van der Waals surface area (Å²) >= 11 is 0. The number of benzene rings is 1. The van der Waals surface area contributed by atoms with Gasteiger partial charge in [0, 0.05) is 53.8 Å². The zero-order valence-electron chi connectivity index (χ0n) is 9.37. The molecule has 13 heavy (non-hydrogen) atoms. The van der Waals surface area contributed by atoms with Gasteiger partial charge in [-0.1, -0.05) is 49.7 Å². The molecule has 0 bridgehead atoms. The molecule has 0 nitrogen and oxygen atoms in total. The van der Waals surface area contributed by atoms with Gasteiger partial charge in [-0.2, -0.15) is 0 Å². The summed E-state index contributed by atoms with van der Waals surface area (Å²) in [7, 11) is 0. The summed E-state index contributed by atoms with van der Waals surface area (Å²) in [5.74, 6) is 0. The van der Waals surface area contributed by atoms with E-state index in [0.717, 1.165) is 0 Å². The quantitative estimate of drug-likeness (QED) is 0.554. The van der Waals surface area contributed by atoms with Gasteiger partial charge in [0.15, 0.2) is 0 Å². The second-order valence-electron chi connectivity index (χ2n) is 1.65. The molecule has 2 heteroatoms. The number of hydrogen-bond acceptors (Lipinski definition) is 0. The summed E-state index contributed by atoms with van der Waals surface area (Å²) in [5.41, 5.74) is 1.32. The maximum Gasteiger partial charge on any atom is 0 e. The fourth-order valence-corrected chi connectivity index (χ4v) is 0.534. The third-order valence-corrected chi connectivity index (χ3v) is 0.940. The van der Waals surface area contributed by atoms with Crippen LogP contribution >= 0.6 is 0 Å². The zero-order chi connectivity index (χ0) is 7.11. The summed E-state index contributed by atoms with van der Waals surface area (Å²) in [6, 6.07) is 10.3. The van der Waals surface area contributed by atoms with Crippen LogP contribution in [-0.4, -0.2) is 0 Å². The minimum Gasteiger partial charge on any atom is -0.358 e. The third-order valence-electron chi connectivity index (χ3n) is 0.940. The average molecular weight is 425 g/mol. The van der Waals surface area contributed by atoms with Crippen molar-refractivity contribution in [3.05, 3.63) is 50.7 Å². The SMILES string of the molecule is CC.Cc1ccccc1.[CH3-].[CH3-].[W].[Y]. The standard InChI is InChI=1S/C7H8.C2H6.2CH3.W.Y/c1-7-5-3-2-4-6-7;1-2;;;;/h2-6H,1H3;1-2H3;2*1H3;;/q;;2*-1;;. The minimum atomic E-state index is 0. The van der Waals surface area contributed by atoms with Crippen molar-refractivity contribution in [1.29, 1.82) is 0 Å². The van der Waals surface area contributed by atoms with Crippen LogP contribution in [0.25, 0.3) is 0 Å². The normalized spacial score (nSPS) is 5.15. The average Bonchev–Trinajstić information content (AvgIpc) is 1.94. The maximum atomic E-state index is 2.08. The largest absolute Gasteiger partial charge is 0.358 e. The van der Waals surface area contributed by atoms with E-state index in [4.69, 9.17) is 0 Å². The molecule has 0 saturated carbocycles. The van der Waals surface area contributed by atoms with E-state index in [0.29, 0.717) is 0 Å². The van der Waals surface area contributed by atoms with Gasteiger partial charge in [-0.25, -0.2) is 0 Å². The van der Waals surface area contributed by atoms with Gasteiger partial charge in [-0.05, 0) is 6.92 Å². The second-order valence-corrected chi connectivity index (χ2v) is 1.65. The molecule has 1 radical (unpaired) electrons. The van der Waals surface area contributed by atoms with Gasteiger partial charge in [0.2, 0.25) is 0 Å². The van der Waals surface area contributed by atoms with Crippen LogP contribution in [-0.2, 0) is 53.8 Å². The van der Waals surface area contributed by atoms with Crippen LogP contribution in [0.15, 0.2) is 30.3 Å². The molecule has 1 aromatic carbocycles. The molecule has 0 N–H and O–H groups in total. The summed E-state index contributed by atoms with van der Waals surface area (Å²) in [6.07, 6.45) is 0. The van der Waals surface area contributed by atoms with Gasteiger partial charge < -0.3 is 14.9 Å². The van der Waals surface area contributed by atoms with E-state index in [-0.39, 0.29) is 68.6 Å². The van der Waals surface area contributed by atoms with Crippen molar-refractivity contribution in [2.75, 3.05) is 0 Å². The van der Waals surface area contributed by atoms with E-state index < -0.39 is 0 Å². The van der Waals surface area contributed by atoms with Crippen LogP contribution < -0.4 is 0 Å². The Labute approximate surface area is 124 Å². The van der Waals surface area contributed by atoms with E-state index in [1.807, 2.05) is 32.0 Å². The first-order valence-electron chi connectivity index (χ1n) is 3.41. The molecule has 0 atom stereocenters. The number of rotatable bonds is 0. The molecule has 0 heterocycles. The molecule has 0 aliphatic rings. The molecule has 0 unspecified atom stereocenters. The predicted molar refractivity (Wildman–Crippen MR) is 55.4 cm³/mol. The van der Waals surface area contributed by atoms with Gasteiger partial charge >= 0.3 is 0 Å². The summed E-state index contributed by atoms with van der Waals surface area (Å²) in [6.45, 7) is 6.08. The summed E-state index contributed by atoms with van der Waals surface area (Å²) in [4.78, 5) is 0. The molecule has 0 aliphatic heterocycles. The zero-order valence-corrected chi connectivity index (χ0v) is 15.1. The van der Waals surface area contributed by atoms with Gasteiger partial charge in [0.05, 0.1) is 0 Å². The Hall–Kier alpha value is 1.01. The van der Waals surface area contributed by atoms with Gasteiger partial charge in [0.1, 0.15) is 0 Å². The van der Waals surface area contributed by atoms with Gasteiger partial charge in [-0.3, -0.25) is 0 Å². The van der Waals surface area contributed by atoms with E-state index >= 15 is 0 Å². The first kappa shape index (κ1) is 29.2. The molecule has 75 valence electrons. The van der Waals surface area contributed by atoms with Crippen molar-refractivity contribution in [2.45, 2.75) is 20.8 Å². The Morgan fingerprint density at radius 1 is 0.846 bits per heavy atom. The Morgan fingerprint density at radius 3 is 1.31 bits per heavy atom. The van der Waals surface area contributed by atoms with Crippen LogP contribution in [0.3, 0.4) is 0 Å². The number of aryl methyl sites for hydroxylation is 1. The van der Waals surface area contributed by atoms with Crippen molar-refractivity contribution in [1.82, 2.24) is 0 Å². The molecule has 0 saturated heterocycles. The van der Waals surface area contributed by atoms with Gasteiger partial charge in [0.25, 0.3) is 0 Å². The van der Waals surface area contributed by atoms with Crippen molar-refractivity contribution in [3.63, 3.8) is 0 Å². The summed E-state index contributed by atoms with van der Waals surface area (Å²) < 4.78 is 0. The topological polar surface area (TPSA) is 0 Å². The van der Waals surface area contributed by atoms with Crippen molar-refractivity contribution < 1.29 is 53.8 Å². The van der Waals surface area contributed by atoms with Crippen LogP contribution in [0.5, 0.6) is 0 Å². The second kappa shape index (κ2) is 23.1. The molecule has 0 aromatic heterocycles. The van der Waals surface area contributed by atoms with E-state index in [9.17, 15) is 0 Å². The first-order valence-corrected chi connectivity index (χ1v) is 3.41. The fourth-order valence-electron chi connectivity index (χ4n) is 0.534. The van der Waals surface area contributed by atoms with Crippen LogP contribution in [0, 0.1) is 21.8 Å². The molecule has 0 spiro atoms. The van der Waals surface area contributed by atoms with Crippen molar-refractivity contribution in [2.24, 2.45) is 0 Å². The smallest absolute Gasteiger partial charge is 0 e. The van der Waals surface area contributed by atoms with Crippen LogP contribution in [0.2, 0.25) is 0 Å². The Balaban J connectivity index is -0.0000000335. The van der Waals surface area contributed by atoms with Crippen LogP contribution in [0.1, 0.15) is 19.4 Å². The van der Waals surface area contributed by atoms with Gasteiger partial charge in [-0.15, -0.1) is 0 Å². The Kier molecular flexibility index (Phi) is 51.9. The van der Waals surface area contributed by atoms with E-state index in [1.54, 1.807) is 0 Å². The van der Waals surface area contributed by atoms with E-state index in [1.165, 1.54) is 5.56 Å². The van der Waals surface area contributed by atoms with Crippen LogP contribution in [0.4, 0.5) is 0 Å². The Bertz CT molecular complexity index is 140. The monoisotopic (exact) mass is 425 g/mol. The molecule has 0 fully saturated rings. The molecule has 1 aromatic rings. The first-order chi connectivity index (χ1) is 4.39. The third kappa shape index (κ3) is 19.4. The maximum absolute atomic E-state index is 2.08. The fraction of sp³-hybridized carbons (Fsp3) is 0.273. The number of hydrogen-bond donors (Lipinski definition) is 0. The molecular formula is C11H20WY-2. The molecule has 0 amide bonds. The molecular weight excluding hydrogens is 405 g/mol. The molecule has 1 rings (SSSR count). The van der Waals surface area contributed by atoms with Crippen molar-refractivity contribution >= 4 is 0 Å². The predicted octanol–water partition coefficient (Wildman–Crippen LogP) is 3.92. The molecule has 0 aliphatic carbocycles. The van der Waals surface area contributed by atoms with Crippen molar-refractivity contribution in [3.8, 4) is 0 Å². The minimum absolute atomic E-state index is 0. The van der Waals surface area contributed by atoms with E-state index in [2.05, 4.69) is 19.1 Å².